The monoisotopic (exact) mass is 127 g/mol. The lowest BCUT2D eigenvalue weighted by atomic mass is 10.3. The first-order valence-corrected chi connectivity index (χ1v) is 2.73. The highest BCUT2D eigenvalue weighted by molar-refractivity contribution is 7.53. The molecule has 1 rings (SSSR count). The van der Waals surface area contributed by atoms with Gasteiger partial charge in [0.25, 0.3) is 0 Å². The second kappa shape index (κ2) is 2.62. The maximum Gasteiger partial charge on any atom is 0.187 e. The van der Waals surface area contributed by atoms with Crippen molar-refractivity contribution in [3.63, 3.8) is 0 Å². The maximum atomic E-state index is 4.72. The first-order valence-electron chi connectivity index (χ1n) is 2.32. The third kappa shape index (κ3) is 1.17. The van der Waals surface area contributed by atoms with E-state index in [2.05, 4.69) is 12.9 Å². The van der Waals surface area contributed by atoms with Gasteiger partial charge in [-0.25, -0.2) is 0 Å². The van der Waals surface area contributed by atoms with Crippen LogP contribution in [-0.2, 0) is 12.9 Å². The fourth-order valence-corrected chi connectivity index (χ4v) is 0.625. The van der Waals surface area contributed by atoms with E-state index in [1.165, 1.54) is 0 Å². The Balaban J connectivity index is 2.83. The zero-order chi connectivity index (χ0) is 5.82. The molecule has 0 spiro atoms. The van der Waals surface area contributed by atoms with E-state index in [-0.39, 0.29) is 0 Å². The van der Waals surface area contributed by atoms with E-state index >= 15 is 0 Å². The van der Waals surface area contributed by atoms with Crippen LogP contribution in [0.1, 0.15) is 0 Å². The van der Waals surface area contributed by atoms with Crippen LogP contribution in [0.5, 0.6) is 5.75 Å². The van der Waals surface area contributed by atoms with Crippen molar-refractivity contribution < 1.29 is 4.18 Å². The average molecular weight is 127 g/mol. The normalized spacial score (nSPS) is 8.62. The van der Waals surface area contributed by atoms with E-state index < -0.39 is 0 Å². The van der Waals surface area contributed by atoms with Gasteiger partial charge in [-0.1, -0.05) is 18.2 Å². The molecule has 0 atom stereocenters. The van der Waals surface area contributed by atoms with Crippen LogP contribution in [-0.4, -0.2) is 0 Å². The van der Waals surface area contributed by atoms with Crippen LogP contribution in [0.25, 0.3) is 0 Å². The number of benzene rings is 1. The van der Waals surface area contributed by atoms with Crippen molar-refractivity contribution in [2.75, 3.05) is 0 Å². The summed E-state index contributed by atoms with van der Waals surface area (Å²) in [4.78, 5) is 0. The van der Waals surface area contributed by atoms with E-state index in [0.717, 1.165) is 5.75 Å². The summed E-state index contributed by atoms with van der Waals surface area (Å²) in [6.07, 6.45) is 0. The van der Waals surface area contributed by atoms with Crippen molar-refractivity contribution >= 4 is 12.9 Å². The number of para-hydroxylation sites is 1. The van der Waals surface area contributed by atoms with Crippen molar-refractivity contribution in [1.29, 1.82) is 0 Å². The van der Waals surface area contributed by atoms with E-state index in [9.17, 15) is 0 Å². The van der Waals surface area contributed by atoms with Crippen molar-refractivity contribution in [3.8, 4) is 5.75 Å². The van der Waals surface area contributed by atoms with Crippen LogP contribution in [0.2, 0.25) is 0 Å². The highest BCUT2D eigenvalue weighted by Gasteiger charge is 1.85. The van der Waals surface area contributed by atoms with Crippen molar-refractivity contribution in [2.45, 2.75) is 0 Å². The van der Waals surface area contributed by atoms with Crippen LogP contribution in [0.3, 0.4) is 0 Å². The highest BCUT2D eigenvalue weighted by Crippen LogP contribution is 2.05. The smallest absolute Gasteiger partial charge is 0.187 e. The molecule has 1 aromatic carbocycles. The molecule has 0 N–H and O–H groups in total. The lowest BCUT2D eigenvalue weighted by molar-refractivity contribution is 0.655. The molecule has 0 heterocycles. The topological polar surface area (TPSA) is 9.23 Å². The molecule has 0 fully saturated rings. The van der Waals surface area contributed by atoms with Gasteiger partial charge in [0.15, 0.2) is 18.7 Å². The molecule has 8 heavy (non-hydrogen) atoms. The second-order valence-corrected chi connectivity index (χ2v) is 1.62. The van der Waals surface area contributed by atoms with Crippen LogP contribution < -0.4 is 4.18 Å². The third-order valence-electron chi connectivity index (χ3n) is 0.861. The Kier molecular flexibility index (Phi) is 1.80. The molecule has 1 nitrogen and oxygen atoms in total. The van der Waals surface area contributed by atoms with Gasteiger partial charge in [-0.15, -0.1) is 0 Å². The van der Waals surface area contributed by atoms with Gasteiger partial charge in [-0.2, -0.15) is 0 Å². The molecule has 0 amide bonds. The minimum Gasteiger partial charge on any atom is -0.291 e. The molecule has 0 aliphatic rings. The molecular formula is C6H7OS+. The van der Waals surface area contributed by atoms with Gasteiger partial charge in [-0.3, -0.25) is 4.18 Å². The van der Waals surface area contributed by atoms with Crippen LogP contribution in [0.15, 0.2) is 30.3 Å². The summed E-state index contributed by atoms with van der Waals surface area (Å²) in [7, 11) is 0. The summed E-state index contributed by atoms with van der Waals surface area (Å²) in [5.41, 5.74) is 0. The fraction of sp³-hybridized carbons (Fsp3) is 0. The molecule has 2 heteroatoms. The predicted molar refractivity (Wildman–Crippen MR) is 37.2 cm³/mol. The largest absolute Gasteiger partial charge is 0.291 e. The highest BCUT2D eigenvalue weighted by atomic mass is 32.1. The fourth-order valence-electron chi connectivity index (χ4n) is 0.489. The Morgan fingerprint density at radius 3 is 2.12 bits per heavy atom. The Labute approximate surface area is 53.9 Å². The third-order valence-corrected chi connectivity index (χ3v) is 1.10. The van der Waals surface area contributed by atoms with Crippen molar-refractivity contribution in [1.82, 2.24) is 0 Å². The molecular weight excluding hydrogens is 120 g/mol. The van der Waals surface area contributed by atoms with Gasteiger partial charge < -0.3 is 0 Å². The minimum atomic E-state index is 0.823. The number of rotatable bonds is 1. The minimum absolute atomic E-state index is 0.823. The summed E-state index contributed by atoms with van der Waals surface area (Å²) in [6, 6.07) is 9.50. The maximum absolute atomic E-state index is 4.72. The number of hydrogen-bond acceptors (Lipinski definition) is 1. The molecule has 0 radical (unpaired) electrons. The SMILES string of the molecule is [SH2+]Oc1ccccc1. The Morgan fingerprint density at radius 2 is 1.75 bits per heavy atom. The van der Waals surface area contributed by atoms with Gasteiger partial charge in [0.2, 0.25) is 0 Å². The van der Waals surface area contributed by atoms with Crippen molar-refractivity contribution in [3.05, 3.63) is 30.3 Å². The molecule has 0 saturated carbocycles. The lowest BCUT2D eigenvalue weighted by Gasteiger charge is -1.85. The Bertz CT molecular complexity index is 150. The van der Waals surface area contributed by atoms with Gasteiger partial charge in [0.1, 0.15) is 0 Å². The van der Waals surface area contributed by atoms with Gasteiger partial charge in [0.05, 0.1) is 0 Å². The van der Waals surface area contributed by atoms with E-state index in [4.69, 9.17) is 4.18 Å². The van der Waals surface area contributed by atoms with Gasteiger partial charge in [0, 0.05) is 0 Å². The first kappa shape index (κ1) is 5.51. The molecule has 0 saturated heterocycles. The average Bonchev–Trinajstić information content (AvgIpc) is 1.90. The summed E-state index contributed by atoms with van der Waals surface area (Å²) >= 11 is 2.90. The first-order chi connectivity index (χ1) is 3.93. The molecule has 0 aromatic heterocycles. The standard InChI is InChI=1S/C6H6OS/c8-7-6-4-2-1-3-5-6/h1-5,8H/p+1. The molecule has 42 valence electrons. The molecule has 0 unspecified atom stereocenters. The molecule has 0 aliphatic carbocycles. The molecule has 1 aromatic rings. The van der Waals surface area contributed by atoms with E-state index in [1.807, 2.05) is 30.3 Å². The van der Waals surface area contributed by atoms with Crippen LogP contribution >= 0.6 is 0 Å². The Morgan fingerprint density at radius 1 is 1.12 bits per heavy atom. The predicted octanol–water partition coefficient (Wildman–Crippen LogP) is 0.992. The molecule has 0 bridgehead atoms. The van der Waals surface area contributed by atoms with E-state index in [1.54, 1.807) is 0 Å². The van der Waals surface area contributed by atoms with E-state index in [0.29, 0.717) is 0 Å². The zero-order valence-corrected chi connectivity index (χ0v) is 5.29. The quantitative estimate of drug-likeness (QED) is 0.511. The lowest BCUT2D eigenvalue weighted by Crippen LogP contribution is -1.75. The summed E-state index contributed by atoms with van der Waals surface area (Å²) in [6.45, 7) is 0. The van der Waals surface area contributed by atoms with Crippen LogP contribution in [0, 0.1) is 0 Å². The van der Waals surface area contributed by atoms with Crippen molar-refractivity contribution in [2.24, 2.45) is 0 Å². The summed E-state index contributed by atoms with van der Waals surface area (Å²) in [5.74, 6) is 0.823. The van der Waals surface area contributed by atoms with Gasteiger partial charge >= 0.3 is 0 Å². The Hall–Kier alpha value is -0.630. The summed E-state index contributed by atoms with van der Waals surface area (Å²) < 4.78 is 4.72. The number of hydrogen-bond donors (Lipinski definition) is 0. The van der Waals surface area contributed by atoms with Gasteiger partial charge in [-0.05, 0) is 12.1 Å². The summed E-state index contributed by atoms with van der Waals surface area (Å²) in [5, 5.41) is 0. The molecule has 0 aliphatic heterocycles. The van der Waals surface area contributed by atoms with Crippen LogP contribution in [0.4, 0.5) is 0 Å². The zero-order valence-electron chi connectivity index (χ0n) is 4.29. The second-order valence-electron chi connectivity index (χ2n) is 1.42.